The van der Waals surface area contributed by atoms with Crippen LogP contribution in [-0.4, -0.2) is 24.3 Å². The Labute approximate surface area is 111 Å². The summed E-state index contributed by atoms with van der Waals surface area (Å²) in [5.41, 5.74) is 2.78. The molecule has 1 aromatic carbocycles. The minimum atomic E-state index is 0.188. The van der Waals surface area contributed by atoms with Gasteiger partial charge in [0.15, 0.2) is 0 Å². The molecule has 0 aromatic heterocycles. The minimum absolute atomic E-state index is 0.188. The number of carbonyl (C=O) groups is 1. The molecule has 1 rings (SSSR count). The lowest BCUT2D eigenvalue weighted by Crippen LogP contribution is -2.27. The molecule has 0 saturated heterocycles. The van der Waals surface area contributed by atoms with Crippen molar-refractivity contribution in [2.75, 3.05) is 13.6 Å². The van der Waals surface area contributed by atoms with Gasteiger partial charge in [0.05, 0.1) is 6.54 Å². The van der Waals surface area contributed by atoms with Gasteiger partial charge in [-0.05, 0) is 37.4 Å². The summed E-state index contributed by atoms with van der Waals surface area (Å²) in [5, 5.41) is 0. The van der Waals surface area contributed by atoms with Gasteiger partial charge in [0.1, 0.15) is 5.78 Å². The standard InChI is InChI=1S/C16H25NO/c1-12(18)11-17(6)13(2)14-7-9-15(10-8-14)16(3,4)5/h7-10,13H,11H2,1-6H3. The van der Waals surface area contributed by atoms with Crippen molar-refractivity contribution in [3.05, 3.63) is 35.4 Å². The Morgan fingerprint density at radius 1 is 1.22 bits per heavy atom. The van der Waals surface area contributed by atoms with Crippen LogP contribution < -0.4 is 0 Å². The van der Waals surface area contributed by atoms with Gasteiger partial charge in [-0.15, -0.1) is 0 Å². The molecular weight excluding hydrogens is 222 g/mol. The van der Waals surface area contributed by atoms with Crippen LogP contribution in [0.15, 0.2) is 24.3 Å². The molecule has 18 heavy (non-hydrogen) atoms. The third-order valence-corrected chi connectivity index (χ3v) is 3.39. The molecule has 0 saturated carbocycles. The molecule has 0 bridgehead atoms. The highest BCUT2D eigenvalue weighted by Crippen LogP contribution is 2.25. The number of rotatable bonds is 4. The van der Waals surface area contributed by atoms with Gasteiger partial charge in [-0.2, -0.15) is 0 Å². The number of nitrogens with zero attached hydrogens (tertiary/aromatic N) is 1. The molecule has 0 spiro atoms. The molecule has 100 valence electrons. The number of carbonyl (C=O) groups excluding carboxylic acids is 1. The van der Waals surface area contributed by atoms with Crippen molar-refractivity contribution >= 4 is 5.78 Å². The van der Waals surface area contributed by atoms with Gasteiger partial charge in [-0.3, -0.25) is 9.69 Å². The largest absolute Gasteiger partial charge is 0.299 e. The van der Waals surface area contributed by atoms with E-state index in [-0.39, 0.29) is 17.2 Å². The summed E-state index contributed by atoms with van der Waals surface area (Å²) in [7, 11) is 1.99. The fourth-order valence-electron chi connectivity index (χ4n) is 2.00. The van der Waals surface area contributed by atoms with E-state index in [1.54, 1.807) is 6.92 Å². The first-order valence-corrected chi connectivity index (χ1v) is 6.52. The Balaban J connectivity index is 2.82. The lowest BCUT2D eigenvalue weighted by molar-refractivity contribution is -0.118. The van der Waals surface area contributed by atoms with Gasteiger partial charge in [-0.25, -0.2) is 0 Å². The van der Waals surface area contributed by atoms with Crippen molar-refractivity contribution in [3.8, 4) is 0 Å². The summed E-state index contributed by atoms with van der Waals surface area (Å²) in [5.74, 6) is 0.204. The van der Waals surface area contributed by atoms with Gasteiger partial charge >= 0.3 is 0 Å². The van der Waals surface area contributed by atoms with Crippen LogP contribution in [0.4, 0.5) is 0 Å². The van der Waals surface area contributed by atoms with Crippen molar-refractivity contribution in [1.82, 2.24) is 4.90 Å². The van der Waals surface area contributed by atoms with Gasteiger partial charge < -0.3 is 0 Å². The quantitative estimate of drug-likeness (QED) is 0.810. The monoisotopic (exact) mass is 247 g/mol. The van der Waals surface area contributed by atoms with E-state index < -0.39 is 0 Å². The van der Waals surface area contributed by atoms with Crippen LogP contribution in [0, 0.1) is 0 Å². The molecule has 1 unspecified atom stereocenters. The topological polar surface area (TPSA) is 20.3 Å². The van der Waals surface area contributed by atoms with Crippen molar-refractivity contribution in [1.29, 1.82) is 0 Å². The normalized spacial score (nSPS) is 13.7. The molecule has 2 nitrogen and oxygen atoms in total. The number of Topliss-reactive ketones (excluding diaryl/α,β-unsaturated/α-hetero) is 1. The Hall–Kier alpha value is -1.15. The Bertz CT molecular complexity index is 400. The van der Waals surface area contributed by atoms with Gasteiger partial charge in [0.2, 0.25) is 0 Å². The van der Waals surface area contributed by atoms with Crippen LogP contribution in [0.2, 0.25) is 0 Å². The van der Waals surface area contributed by atoms with Gasteiger partial charge in [0.25, 0.3) is 0 Å². The second kappa shape index (κ2) is 5.66. The average molecular weight is 247 g/mol. The van der Waals surface area contributed by atoms with E-state index in [0.29, 0.717) is 6.54 Å². The molecule has 1 atom stereocenters. The first-order valence-electron chi connectivity index (χ1n) is 6.52. The van der Waals surface area contributed by atoms with E-state index in [4.69, 9.17) is 0 Å². The number of likely N-dealkylation sites (N-methyl/N-ethyl adjacent to an activating group) is 1. The fraction of sp³-hybridized carbons (Fsp3) is 0.562. The van der Waals surface area contributed by atoms with E-state index in [2.05, 4.69) is 56.9 Å². The molecule has 0 aliphatic carbocycles. The Kier molecular flexibility index (Phi) is 4.69. The number of benzene rings is 1. The first-order chi connectivity index (χ1) is 8.21. The Morgan fingerprint density at radius 3 is 2.11 bits per heavy atom. The van der Waals surface area contributed by atoms with Crippen LogP contribution in [0.5, 0.6) is 0 Å². The van der Waals surface area contributed by atoms with Crippen LogP contribution in [0.25, 0.3) is 0 Å². The highest BCUT2D eigenvalue weighted by atomic mass is 16.1. The maximum atomic E-state index is 11.1. The maximum Gasteiger partial charge on any atom is 0.143 e. The van der Waals surface area contributed by atoms with Gasteiger partial charge in [-0.1, -0.05) is 45.0 Å². The molecular formula is C16H25NO. The molecule has 0 radical (unpaired) electrons. The second-order valence-corrected chi connectivity index (χ2v) is 6.17. The summed E-state index contributed by atoms with van der Waals surface area (Å²) >= 11 is 0. The summed E-state index contributed by atoms with van der Waals surface area (Å²) < 4.78 is 0. The van der Waals surface area contributed by atoms with Gasteiger partial charge in [0, 0.05) is 6.04 Å². The first kappa shape index (κ1) is 14.9. The molecule has 0 amide bonds. The average Bonchev–Trinajstić information content (AvgIpc) is 2.26. The summed E-state index contributed by atoms with van der Waals surface area (Å²) in [4.78, 5) is 13.2. The SMILES string of the molecule is CC(=O)CN(C)C(C)c1ccc(C(C)(C)C)cc1. The Morgan fingerprint density at radius 2 is 1.72 bits per heavy atom. The molecule has 0 N–H and O–H groups in total. The van der Waals surface area contributed by atoms with E-state index in [9.17, 15) is 4.79 Å². The van der Waals surface area contributed by atoms with E-state index in [1.165, 1.54) is 11.1 Å². The fourth-order valence-corrected chi connectivity index (χ4v) is 2.00. The van der Waals surface area contributed by atoms with Crippen molar-refractivity contribution in [3.63, 3.8) is 0 Å². The summed E-state index contributed by atoms with van der Waals surface area (Å²) in [6.45, 7) is 10.9. The number of hydrogen-bond acceptors (Lipinski definition) is 2. The minimum Gasteiger partial charge on any atom is -0.299 e. The molecule has 2 heteroatoms. The van der Waals surface area contributed by atoms with E-state index in [0.717, 1.165) is 0 Å². The molecule has 0 fully saturated rings. The maximum absolute atomic E-state index is 11.1. The predicted molar refractivity (Wildman–Crippen MR) is 76.9 cm³/mol. The highest BCUT2D eigenvalue weighted by Gasteiger charge is 2.16. The smallest absolute Gasteiger partial charge is 0.143 e. The van der Waals surface area contributed by atoms with Crippen LogP contribution in [-0.2, 0) is 10.2 Å². The predicted octanol–water partition coefficient (Wildman–Crippen LogP) is 3.57. The highest BCUT2D eigenvalue weighted by molar-refractivity contribution is 5.77. The van der Waals surface area contributed by atoms with E-state index in [1.807, 2.05) is 7.05 Å². The zero-order chi connectivity index (χ0) is 13.9. The van der Waals surface area contributed by atoms with Crippen molar-refractivity contribution in [2.24, 2.45) is 0 Å². The molecule has 0 heterocycles. The third kappa shape index (κ3) is 3.95. The lowest BCUT2D eigenvalue weighted by Gasteiger charge is -2.25. The number of ketones is 1. The second-order valence-electron chi connectivity index (χ2n) is 6.17. The molecule has 1 aromatic rings. The molecule has 0 aliphatic heterocycles. The zero-order valence-corrected chi connectivity index (χ0v) is 12.4. The summed E-state index contributed by atoms with van der Waals surface area (Å²) in [6, 6.07) is 8.98. The zero-order valence-electron chi connectivity index (χ0n) is 12.4. The number of hydrogen-bond donors (Lipinski definition) is 0. The third-order valence-electron chi connectivity index (χ3n) is 3.39. The molecule has 0 aliphatic rings. The summed E-state index contributed by atoms with van der Waals surface area (Å²) in [6.07, 6.45) is 0. The van der Waals surface area contributed by atoms with Crippen LogP contribution in [0.3, 0.4) is 0 Å². The van der Waals surface area contributed by atoms with E-state index >= 15 is 0 Å². The van der Waals surface area contributed by atoms with Crippen molar-refractivity contribution < 1.29 is 4.79 Å². The lowest BCUT2D eigenvalue weighted by atomic mass is 9.86. The van der Waals surface area contributed by atoms with Crippen LogP contribution >= 0.6 is 0 Å². The van der Waals surface area contributed by atoms with Crippen molar-refractivity contribution in [2.45, 2.75) is 46.1 Å². The van der Waals surface area contributed by atoms with Crippen LogP contribution in [0.1, 0.15) is 51.8 Å².